The summed E-state index contributed by atoms with van der Waals surface area (Å²) in [6, 6.07) is 0. The quantitative estimate of drug-likeness (QED) is 0.583. The van der Waals surface area contributed by atoms with E-state index in [0.717, 1.165) is 0 Å². The summed E-state index contributed by atoms with van der Waals surface area (Å²) in [7, 11) is 0. The SMILES string of the molecule is CCCOC(=O)[C@@H](O)[C@H](O)C(=O)OCCC. The Morgan fingerprint density at radius 3 is 1.50 bits per heavy atom. The first-order valence-corrected chi connectivity index (χ1v) is 5.24. The van der Waals surface area contributed by atoms with Crippen molar-refractivity contribution in [2.45, 2.75) is 38.9 Å². The minimum Gasteiger partial charge on any atom is -0.464 e. The molecule has 6 nitrogen and oxygen atoms in total. The van der Waals surface area contributed by atoms with Crippen LogP contribution in [0.2, 0.25) is 0 Å². The fourth-order valence-corrected chi connectivity index (χ4v) is 0.834. The second kappa shape index (κ2) is 8.06. The van der Waals surface area contributed by atoms with Crippen molar-refractivity contribution in [3.63, 3.8) is 0 Å². The Bertz CT molecular complexity index is 203. The molecule has 0 aliphatic heterocycles. The number of carbonyl (C=O) groups is 2. The van der Waals surface area contributed by atoms with Crippen LogP contribution in [0.1, 0.15) is 26.7 Å². The van der Waals surface area contributed by atoms with Crippen LogP contribution in [-0.4, -0.2) is 47.6 Å². The molecule has 2 N–H and O–H groups in total. The Hall–Kier alpha value is -1.14. The fourth-order valence-electron chi connectivity index (χ4n) is 0.834. The molecule has 94 valence electrons. The van der Waals surface area contributed by atoms with Crippen molar-refractivity contribution in [1.82, 2.24) is 0 Å². The predicted octanol–water partition coefficient (Wildman–Crippen LogP) is -0.385. The van der Waals surface area contributed by atoms with Gasteiger partial charge in [-0.15, -0.1) is 0 Å². The number of carbonyl (C=O) groups excluding carboxylic acids is 2. The summed E-state index contributed by atoms with van der Waals surface area (Å²) in [6.45, 7) is 3.83. The third kappa shape index (κ3) is 5.09. The maximum Gasteiger partial charge on any atom is 0.338 e. The van der Waals surface area contributed by atoms with Gasteiger partial charge in [0.25, 0.3) is 0 Å². The van der Waals surface area contributed by atoms with Crippen LogP contribution in [-0.2, 0) is 19.1 Å². The molecule has 6 heteroatoms. The summed E-state index contributed by atoms with van der Waals surface area (Å²) >= 11 is 0. The molecule has 0 bridgehead atoms. The summed E-state index contributed by atoms with van der Waals surface area (Å²) < 4.78 is 9.14. The van der Waals surface area contributed by atoms with E-state index in [2.05, 4.69) is 9.47 Å². The van der Waals surface area contributed by atoms with Crippen LogP contribution in [0.5, 0.6) is 0 Å². The molecule has 2 atom stereocenters. The lowest BCUT2D eigenvalue weighted by atomic mass is 10.2. The molecule has 0 heterocycles. The van der Waals surface area contributed by atoms with Gasteiger partial charge in [-0.1, -0.05) is 13.8 Å². The molecule has 0 radical (unpaired) electrons. The lowest BCUT2D eigenvalue weighted by Crippen LogP contribution is -2.41. The maximum absolute atomic E-state index is 11.1. The first kappa shape index (κ1) is 14.9. The van der Waals surface area contributed by atoms with E-state index in [0.29, 0.717) is 12.8 Å². The van der Waals surface area contributed by atoms with Gasteiger partial charge in [-0.3, -0.25) is 0 Å². The largest absolute Gasteiger partial charge is 0.464 e. The van der Waals surface area contributed by atoms with E-state index in [9.17, 15) is 19.8 Å². The molecule has 0 saturated heterocycles. The standard InChI is InChI=1S/C10H18O6/c1-3-5-15-9(13)7(11)8(12)10(14)16-6-4-2/h7-8,11-12H,3-6H2,1-2H3/t7-,8-/m0/s1. The van der Waals surface area contributed by atoms with E-state index in [-0.39, 0.29) is 13.2 Å². The number of hydrogen-bond donors (Lipinski definition) is 2. The van der Waals surface area contributed by atoms with Crippen LogP contribution in [0.4, 0.5) is 0 Å². The molecule has 0 spiro atoms. The van der Waals surface area contributed by atoms with Gasteiger partial charge in [0, 0.05) is 0 Å². The number of esters is 2. The van der Waals surface area contributed by atoms with Crippen LogP contribution >= 0.6 is 0 Å². The van der Waals surface area contributed by atoms with Crippen molar-refractivity contribution in [2.24, 2.45) is 0 Å². The summed E-state index contributed by atoms with van der Waals surface area (Å²) in [6.07, 6.45) is -2.60. The zero-order valence-electron chi connectivity index (χ0n) is 9.51. The Kier molecular flexibility index (Phi) is 7.49. The molecular formula is C10H18O6. The molecular weight excluding hydrogens is 216 g/mol. The molecule has 16 heavy (non-hydrogen) atoms. The van der Waals surface area contributed by atoms with Gasteiger partial charge in [0.05, 0.1) is 13.2 Å². The molecule has 0 unspecified atom stereocenters. The smallest absolute Gasteiger partial charge is 0.338 e. The number of aliphatic hydroxyl groups excluding tert-OH is 2. The van der Waals surface area contributed by atoms with Gasteiger partial charge in [-0.2, -0.15) is 0 Å². The summed E-state index contributed by atoms with van der Waals surface area (Å²) in [5.74, 6) is -2.05. The zero-order chi connectivity index (χ0) is 12.6. The van der Waals surface area contributed by atoms with Crippen LogP contribution < -0.4 is 0 Å². The molecule has 0 fully saturated rings. The van der Waals surface area contributed by atoms with Crippen LogP contribution in [0.15, 0.2) is 0 Å². The van der Waals surface area contributed by atoms with Gasteiger partial charge in [-0.25, -0.2) is 9.59 Å². The monoisotopic (exact) mass is 234 g/mol. The summed E-state index contributed by atoms with van der Waals surface area (Å²) in [5.41, 5.74) is 0. The van der Waals surface area contributed by atoms with Crippen molar-refractivity contribution < 1.29 is 29.3 Å². The highest BCUT2D eigenvalue weighted by Crippen LogP contribution is 2.00. The highest BCUT2D eigenvalue weighted by molar-refractivity contribution is 5.85. The lowest BCUT2D eigenvalue weighted by Gasteiger charge is -2.15. The van der Waals surface area contributed by atoms with Gasteiger partial charge >= 0.3 is 11.9 Å². The van der Waals surface area contributed by atoms with Gasteiger partial charge in [-0.05, 0) is 12.8 Å². The number of aliphatic hydroxyl groups is 2. The van der Waals surface area contributed by atoms with Gasteiger partial charge in [0.2, 0.25) is 0 Å². The van der Waals surface area contributed by atoms with Crippen molar-refractivity contribution in [3.8, 4) is 0 Å². The Labute approximate surface area is 94.2 Å². The first-order chi connectivity index (χ1) is 7.54. The highest BCUT2D eigenvalue weighted by Gasteiger charge is 2.32. The number of rotatable bonds is 7. The van der Waals surface area contributed by atoms with E-state index in [4.69, 9.17) is 0 Å². The zero-order valence-corrected chi connectivity index (χ0v) is 9.51. The second-order valence-electron chi connectivity index (χ2n) is 3.22. The topological polar surface area (TPSA) is 93.1 Å². The molecule has 0 rings (SSSR count). The van der Waals surface area contributed by atoms with E-state index in [1.54, 1.807) is 13.8 Å². The average Bonchev–Trinajstić information content (AvgIpc) is 2.30. The van der Waals surface area contributed by atoms with Crippen LogP contribution in [0, 0.1) is 0 Å². The highest BCUT2D eigenvalue weighted by atomic mass is 16.6. The normalized spacial score (nSPS) is 14.0. The van der Waals surface area contributed by atoms with Crippen LogP contribution in [0.25, 0.3) is 0 Å². The third-order valence-electron chi connectivity index (χ3n) is 1.68. The fraction of sp³-hybridized carbons (Fsp3) is 0.800. The lowest BCUT2D eigenvalue weighted by molar-refractivity contribution is -0.173. The molecule has 0 amide bonds. The molecule has 0 aliphatic rings. The molecule has 0 saturated carbocycles. The summed E-state index contributed by atoms with van der Waals surface area (Å²) in [4.78, 5) is 22.2. The molecule has 0 aromatic heterocycles. The Morgan fingerprint density at radius 1 is 0.938 bits per heavy atom. The Balaban J connectivity index is 4.09. The minimum atomic E-state index is -1.89. The summed E-state index contributed by atoms with van der Waals surface area (Å²) in [5, 5.41) is 18.5. The van der Waals surface area contributed by atoms with E-state index >= 15 is 0 Å². The minimum absolute atomic E-state index is 0.132. The van der Waals surface area contributed by atoms with Crippen molar-refractivity contribution >= 4 is 11.9 Å². The van der Waals surface area contributed by atoms with E-state index in [1.165, 1.54) is 0 Å². The molecule has 0 aromatic carbocycles. The molecule has 0 aromatic rings. The average molecular weight is 234 g/mol. The van der Waals surface area contributed by atoms with Gasteiger partial charge in [0.1, 0.15) is 0 Å². The van der Waals surface area contributed by atoms with Gasteiger partial charge < -0.3 is 19.7 Å². The van der Waals surface area contributed by atoms with Crippen molar-refractivity contribution in [3.05, 3.63) is 0 Å². The van der Waals surface area contributed by atoms with E-state index in [1.807, 2.05) is 0 Å². The number of hydrogen-bond acceptors (Lipinski definition) is 6. The first-order valence-electron chi connectivity index (χ1n) is 5.24. The van der Waals surface area contributed by atoms with Crippen molar-refractivity contribution in [1.29, 1.82) is 0 Å². The Morgan fingerprint density at radius 2 is 1.25 bits per heavy atom. The van der Waals surface area contributed by atoms with Crippen molar-refractivity contribution in [2.75, 3.05) is 13.2 Å². The number of ether oxygens (including phenoxy) is 2. The third-order valence-corrected chi connectivity index (χ3v) is 1.68. The predicted molar refractivity (Wildman–Crippen MR) is 54.5 cm³/mol. The van der Waals surface area contributed by atoms with Gasteiger partial charge in [0.15, 0.2) is 12.2 Å². The second-order valence-corrected chi connectivity index (χ2v) is 3.22. The maximum atomic E-state index is 11.1. The van der Waals surface area contributed by atoms with Crippen LogP contribution in [0.3, 0.4) is 0 Å². The van der Waals surface area contributed by atoms with E-state index < -0.39 is 24.1 Å². The molecule has 0 aliphatic carbocycles.